The smallest absolute Gasteiger partial charge is 0.306 e. The van der Waals surface area contributed by atoms with E-state index < -0.39 is 6.10 Å². The third kappa shape index (κ3) is 48.5. The molecule has 0 saturated heterocycles. The average molecular weight is 857 g/mol. The summed E-state index contributed by atoms with van der Waals surface area (Å²) in [5.74, 6) is -0.878. The molecule has 0 aromatic carbocycles. The predicted molar refractivity (Wildman–Crippen MR) is 261 cm³/mol. The van der Waals surface area contributed by atoms with Gasteiger partial charge in [0.05, 0.1) is 0 Å². The van der Waals surface area contributed by atoms with Crippen molar-refractivity contribution < 1.29 is 28.6 Å². The molecule has 0 aliphatic heterocycles. The fourth-order valence-electron chi connectivity index (χ4n) is 7.63. The van der Waals surface area contributed by atoms with Crippen LogP contribution in [0.2, 0.25) is 0 Å². The van der Waals surface area contributed by atoms with Gasteiger partial charge in [0.1, 0.15) is 13.2 Å². The van der Waals surface area contributed by atoms with Crippen molar-refractivity contribution in [1.29, 1.82) is 0 Å². The number of allylic oxidation sites excluding steroid dienone is 6. The van der Waals surface area contributed by atoms with Crippen molar-refractivity contribution in [2.75, 3.05) is 13.2 Å². The Balaban J connectivity index is 4.27. The van der Waals surface area contributed by atoms with E-state index in [0.717, 1.165) is 77.0 Å². The van der Waals surface area contributed by atoms with Gasteiger partial charge in [0, 0.05) is 19.3 Å². The fraction of sp³-hybridized carbons (Fsp3) is 0.836. The van der Waals surface area contributed by atoms with E-state index in [1.165, 1.54) is 161 Å². The first-order valence-corrected chi connectivity index (χ1v) is 26.5. The molecule has 0 N–H and O–H groups in total. The van der Waals surface area contributed by atoms with Crippen LogP contribution in [0.4, 0.5) is 0 Å². The molecule has 356 valence electrons. The van der Waals surface area contributed by atoms with Crippen molar-refractivity contribution in [2.45, 2.75) is 284 Å². The Hall–Kier alpha value is -2.37. The number of rotatable bonds is 48. The van der Waals surface area contributed by atoms with Gasteiger partial charge in [0.15, 0.2) is 6.10 Å². The molecule has 61 heavy (non-hydrogen) atoms. The minimum atomic E-state index is -0.771. The lowest BCUT2D eigenvalue weighted by atomic mass is 10.0. The Morgan fingerprint density at radius 2 is 0.590 bits per heavy atom. The molecule has 0 fully saturated rings. The Morgan fingerprint density at radius 3 is 0.951 bits per heavy atom. The normalized spacial score (nSPS) is 12.2. The lowest BCUT2D eigenvalue weighted by Gasteiger charge is -2.18. The van der Waals surface area contributed by atoms with E-state index in [2.05, 4.69) is 57.2 Å². The minimum Gasteiger partial charge on any atom is -0.462 e. The van der Waals surface area contributed by atoms with E-state index in [9.17, 15) is 14.4 Å². The fourth-order valence-corrected chi connectivity index (χ4v) is 7.63. The highest BCUT2D eigenvalue weighted by molar-refractivity contribution is 5.71. The molecule has 0 saturated carbocycles. The Morgan fingerprint density at radius 1 is 0.328 bits per heavy atom. The Bertz CT molecular complexity index is 1030. The van der Waals surface area contributed by atoms with Gasteiger partial charge in [-0.05, 0) is 57.8 Å². The van der Waals surface area contributed by atoms with Crippen LogP contribution in [0, 0.1) is 0 Å². The van der Waals surface area contributed by atoms with Gasteiger partial charge in [0.2, 0.25) is 0 Å². The highest BCUT2D eigenvalue weighted by Crippen LogP contribution is 2.16. The van der Waals surface area contributed by atoms with Crippen LogP contribution < -0.4 is 0 Å². The van der Waals surface area contributed by atoms with Crippen LogP contribution in [0.25, 0.3) is 0 Å². The Labute approximate surface area is 378 Å². The van der Waals surface area contributed by atoms with Gasteiger partial charge in [-0.1, -0.05) is 237 Å². The van der Waals surface area contributed by atoms with Gasteiger partial charge in [-0.25, -0.2) is 0 Å². The van der Waals surface area contributed by atoms with Gasteiger partial charge < -0.3 is 14.2 Å². The summed E-state index contributed by atoms with van der Waals surface area (Å²) >= 11 is 0. The van der Waals surface area contributed by atoms with Gasteiger partial charge >= 0.3 is 17.9 Å². The molecule has 0 amide bonds. The number of hydrogen-bond donors (Lipinski definition) is 0. The monoisotopic (exact) mass is 857 g/mol. The van der Waals surface area contributed by atoms with Gasteiger partial charge in [0.25, 0.3) is 0 Å². The number of esters is 3. The lowest BCUT2D eigenvalue weighted by Crippen LogP contribution is -2.30. The summed E-state index contributed by atoms with van der Waals surface area (Å²) in [7, 11) is 0. The van der Waals surface area contributed by atoms with Gasteiger partial charge in [-0.15, -0.1) is 0 Å². The van der Waals surface area contributed by atoms with Crippen LogP contribution in [0.1, 0.15) is 278 Å². The molecule has 0 bridgehead atoms. The summed E-state index contributed by atoms with van der Waals surface area (Å²) in [6, 6.07) is 0. The van der Waals surface area contributed by atoms with E-state index in [-0.39, 0.29) is 31.1 Å². The molecular weight excluding hydrogens is 757 g/mol. The molecule has 0 aliphatic carbocycles. The first-order valence-electron chi connectivity index (χ1n) is 26.5. The number of carbonyl (C=O) groups excluding carboxylic acids is 3. The van der Waals surface area contributed by atoms with E-state index >= 15 is 0 Å². The zero-order chi connectivity index (χ0) is 44.4. The number of carbonyl (C=O) groups is 3. The quantitative estimate of drug-likeness (QED) is 0.0262. The van der Waals surface area contributed by atoms with Crippen LogP contribution in [0.3, 0.4) is 0 Å². The number of unbranched alkanes of at least 4 members (excludes halogenated alkanes) is 31. The largest absolute Gasteiger partial charge is 0.462 e. The molecule has 0 radical (unpaired) electrons. The second-order valence-electron chi connectivity index (χ2n) is 17.8. The maximum absolute atomic E-state index is 12.8. The molecule has 0 aliphatic rings. The lowest BCUT2D eigenvalue weighted by molar-refractivity contribution is -0.167. The molecule has 0 aromatic rings. The topological polar surface area (TPSA) is 78.9 Å². The summed E-state index contributed by atoms with van der Waals surface area (Å²) in [4.78, 5) is 37.9. The standard InChI is InChI=1S/C55H100O6/c1-4-7-10-13-16-19-21-23-25-27-28-29-31-32-34-36-39-42-45-48-54(57)60-51-52(50-59-53(56)47-44-41-38-18-15-12-9-6-3)61-55(58)49-46-43-40-37-35-33-30-26-24-22-20-17-14-11-8-5-2/h16,19,23,25,28-29,52H,4-15,17-18,20-22,24,26-27,30-51H2,1-3H3/b19-16-,25-23-,29-28-. The van der Waals surface area contributed by atoms with Crippen LogP contribution >= 0.6 is 0 Å². The van der Waals surface area contributed by atoms with Gasteiger partial charge in [-0.2, -0.15) is 0 Å². The zero-order valence-electron chi connectivity index (χ0n) is 40.7. The maximum Gasteiger partial charge on any atom is 0.306 e. The molecule has 6 nitrogen and oxygen atoms in total. The van der Waals surface area contributed by atoms with Crippen LogP contribution in [0.5, 0.6) is 0 Å². The average Bonchev–Trinajstić information content (AvgIpc) is 3.26. The van der Waals surface area contributed by atoms with Crippen molar-refractivity contribution in [3.63, 3.8) is 0 Å². The van der Waals surface area contributed by atoms with E-state index in [0.29, 0.717) is 19.3 Å². The van der Waals surface area contributed by atoms with E-state index in [1.54, 1.807) is 0 Å². The second kappa shape index (κ2) is 50.3. The van der Waals surface area contributed by atoms with Crippen molar-refractivity contribution in [3.05, 3.63) is 36.5 Å². The molecule has 0 aromatic heterocycles. The highest BCUT2D eigenvalue weighted by atomic mass is 16.6. The summed E-state index contributed by atoms with van der Waals surface area (Å²) < 4.78 is 16.8. The third-order valence-corrected chi connectivity index (χ3v) is 11.6. The summed E-state index contributed by atoms with van der Waals surface area (Å²) in [6.45, 7) is 6.60. The van der Waals surface area contributed by atoms with E-state index in [4.69, 9.17) is 14.2 Å². The van der Waals surface area contributed by atoms with Crippen molar-refractivity contribution in [3.8, 4) is 0 Å². The molecule has 0 heterocycles. The molecule has 0 spiro atoms. The van der Waals surface area contributed by atoms with Crippen LogP contribution in [-0.4, -0.2) is 37.2 Å². The molecule has 1 unspecified atom stereocenters. The van der Waals surface area contributed by atoms with Crippen molar-refractivity contribution in [2.24, 2.45) is 0 Å². The second-order valence-corrected chi connectivity index (χ2v) is 17.8. The first-order chi connectivity index (χ1) is 30.0. The Kier molecular flexibility index (Phi) is 48.3. The predicted octanol–water partition coefficient (Wildman–Crippen LogP) is 17.3. The molecule has 0 rings (SSSR count). The van der Waals surface area contributed by atoms with Gasteiger partial charge in [-0.3, -0.25) is 14.4 Å². The van der Waals surface area contributed by atoms with Crippen molar-refractivity contribution >= 4 is 17.9 Å². The molecule has 1 atom stereocenters. The van der Waals surface area contributed by atoms with Crippen LogP contribution in [-0.2, 0) is 28.6 Å². The molecular formula is C55H100O6. The third-order valence-electron chi connectivity index (χ3n) is 11.6. The maximum atomic E-state index is 12.8. The van der Waals surface area contributed by atoms with Crippen molar-refractivity contribution in [1.82, 2.24) is 0 Å². The molecule has 6 heteroatoms. The van der Waals surface area contributed by atoms with Crippen LogP contribution in [0.15, 0.2) is 36.5 Å². The summed E-state index contributed by atoms with van der Waals surface area (Å²) in [5, 5.41) is 0. The summed E-state index contributed by atoms with van der Waals surface area (Å²) in [6.07, 6.45) is 58.5. The zero-order valence-corrected chi connectivity index (χ0v) is 40.7. The first kappa shape index (κ1) is 58.6. The minimum absolute atomic E-state index is 0.0728. The SMILES string of the molecule is CCCCC/C=C\C/C=C\C/C=C\CCCCCCCCC(=O)OCC(COC(=O)CCCCCCCCCC)OC(=O)CCCCCCCCCCCCCCCCCC. The number of ether oxygens (including phenoxy) is 3. The van der Waals surface area contributed by atoms with E-state index in [1.807, 2.05) is 0 Å². The highest BCUT2D eigenvalue weighted by Gasteiger charge is 2.19. The number of hydrogen-bond acceptors (Lipinski definition) is 6. The summed E-state index contributed by atoms with van der Waals surface area (Å²) in [5.41, 5.74) is 0.